The van der Waals surface area contributed by atoms with Gasteiger partial charge >= 0.3 is 0 Å². The number of nitrogens with zero attached hydrogens (tertiary/aromatic N) is 4. The van der Waals surface area contributed by atoms with Crippen LogP contribution in [-0.2, 0) is 6.50 Å². The molecule has 29 heavy (non-hydrogen) atoms. The molecule has 1 saturated heterocycles. The fourth-order valence-electron chi connectivity index (χ4n) is 2.80. The van der Waals surface area contributed by atoms with Crippen LogP contribution in [0.3, 0.4) is 0 Å². The molecule has 1 aromatic carbocycles. The van der Waals surface area contributed by atoms with E-state index >= 15 is 0 Å². The van der Waals surface area contributed by atoms with E-state index in [1.54, 1.807) is 0 Å². The second kappa shape index (κ2) is 8.44. The van der Waals surface area contributed by atoms with E-state index in [0.717, 1.165) is 11.2 Å². The van der Waals surface area contributed by atoms with Gasteiger partial charge in [-0.25, -0.2) is 14.4 Å². The lowest BCUT2D eigenvalue weighted by molar-refractivity contribution is 0.211. The number of hydrogen-bond acceptors (Lipinski definition) is 6. The Morgan fingerprint density at radius 3 is 3.10 bits per heavy atom. The van der Waals surface area contributed by atoms with Crippen molar-refractivity contribution in [3.8, 4) is 6.07 Å². The molecule has 1 aliphatic rings. The first-order chi connectivity index (χ1) is 20.1. The van der Waals surface area contributed by atoms with Crippen molar-refractivity contribution in [3.05, 3.63) is 52.3 Å². The van der Waals surface area contributed by atoms with Gasteiger partial charge in [0, 0.05) is 42.8 Å². The second-order valence-electron chi connectivity index (χ2n) is 6.13. The zero-order valence-corrected chi connectivity index (χ0v) is 15.7. The van der Waals surface area contributed by atoms with Crippen molar-refractivity contribution in [2.24, 2.45) is 0 Å². The average molecular weight is 425 g/mol. The van der Waals surface area contributed by atoms with Crippen molar-refractivity contribution in [2.75, 3.05) is 18.4 Å². The summed E-state index contributed by atoms with van der Waals surface area (Å²) in [5.41, 5.74) is -1.77. The Morgan fingerprint density at radius 2 is 2.34 bits per heavy atom. The largest absolute Gasteiger partial charge is 0.366 e. The first-order valence-electron chi connectivity index (χ1n) is 16.0. The predicted molar refractivity (Wildman–Crippen MR) is 115 cm³/mol. The summed E-state index contributed by atoms with van der Waals surface area (Å²) in [5.74, 6) is -4.86. The molecule has 150 valence electrons. The summed E-state index contributed by atoms with van der Waals surface area (Å²) in [6.07, 6.45) is 0.481. The molecule has 0 atom stereocenters. The van der Waals surface area contributed by atoms with E-state index in [-0.39, 0.29) is 42.0 Å². The fraction of sp³-hybridized carbons (Fsp3) is 0.409. The molecule has 1 N–H and O–H groups in total. The summed E-state index contributed by atoms with van der Waals surface area (Å²) in [4.78, 5) is 8.48. The third kappa shape index (κ3) is 4.39. The Bertz CT molecular complexity index is 1640. The summed E-state index contributed by atoms with van der Waals surface area (Å²) in [6, 6.07) is -3.81. The number of nitrogens with one attached hydrogen (secondary N) is 1. The van der Waals surface area contributed by atoms with Crippen LogP contribution in [-0.4, -0.2) is 34.0 Å². The van der Waals surface area contributed by atoms with Gasteiger partial charge in [0.2, 0.25) is 0 Å². The topological polar surface area (TPSA) is 64.8 Å². The van der Waals surface area contributed by atoms with E-state index in [4.69, 9.17) is 20.6 Å². The fourth-order valence-corrected chi connectivity index (χ4v) is 3.64. The van der Waals surface area contributed by atoms with E-state index in [2.05, 4.69) is 9.97 Å². The van der Waals surface area contributed by atoms with Gasteiger partial charge in [-0.1, -0.05) is 19.7 Å². The van der Waals surface area contributed by atoms with Crippen LogP contribution in [0.5, 0.6) is 0 Å². The van der Waals surface area contributed by atoms with E-state index in [1.165, 1.54) is 6.07 Å². The van der Waals surface area contributed by atoms with Crippen LogP contribution < -0.4 is 5.31 Å². The van der Waals surface area contributed by atoms with Gasteiger partial charge in [-0.05, 0) is 42.4 Å². The number of halogens is 1. The highest BCUT2D eigenvalue weighted by atomic mass is 32.1. The molecule has 0 saturated carbocycles. The van der Waals surface area contributed by atoms with E-state index < -0.39 is 78.1 Å². The Balaban J connectivity index is 1.70. The first kappa shape index (κ1) is 8.66. The number of benzene rings is 1. The average Bonchev–Trinajstić information content (AvgIpc) is 3.26. The van der Waals surface area contributed by atoms with E-state index in [0.29, 0.717) is 16.6 Å². The number of rotatable bonds is 5. The third-order valence-electron chi connectivity index (χ3n) is 4.20. The highest BCUT2D eigenvalue weighted by molar-refractivity contribution is 7.19. The van der Waals surface area contributed by atoms with Crippen LogP contribution in [0.1, 0.15) is 67.6 Å². The number of nitriles is 1. The number of fused-ring (bicyclic) bond motifs is 1. The van der Waals surface area contributed by atoms with E-state index in [9.17, 15) is 9.65 Å². The van der Waals surface area contributed by atoms with Crippen molar-refractivity contribution < 1.29 is 25.0 Å². The van der Waals surface area contributed by atoms with Gasteiger partial charge in [0.05, 0.1) is 22.6 Å². The van der Waals surface area contributed by atoms with Crippen LogP contribution in [0.15, 0.2) is 30.5 Å². The molecule has 2 aromatic heterocycles. The number of hydrogen-bond donors (Lipinski definition) is 1. The number of aromatic nitrogens is 2. The smallest absolute Gasteiger partial charge is 0.162 e. The molecule has 0 bridgehead atoms. The summed E-state index contributed by atoms with van der Waals surface area (Å²) in [5, 5.41) is 9.91. The number of likely N-dealkylation sites (tertiary alicyclic amines) is 1. The molecule has 4 rings (SSSR count). The second-order valence-corrected chi connectivity index (χ2v) is 7.15. The number of thiophene rings is 1. The molecule has 0 radical (unpaired) electrons. The van der Waals surface area contributed by atoms with Gasteiger partial charge in [-0.2, -0.15) is 5.26 Å². The molecule has 0 unspecified atom stereocenters. The van der Waals surface area contributed by atoms with Gasteiger partial charge in [-0.15, -0.1) is 11.3 Å². The quantitative estimate of drug-likeness (QED) is 0.631. The molecule has 3 aromatic rings. The summed E-state index contributed by atoms with van der Waals surface area (Å²) >= 11 is 0.462. The third-order valence-corrected chi connectivity index (χ3v) is 5.29. The van der Waals surface area contributed by atoms with Gasteiger partial charge in [0.25, 0.3) is 0 Å². The number of piperidine rings is 1. The minimum Gasteiger partial charge on any atom is -0.366 e. The van der Waals surface area contributed by atoms with Crippen LogP contribution >= 0.6 is 11.3 Å². The van der Waals surface area contributed by atoms with Crippen LogP contribution in [0.2, 0.25) is 1.41 Å². The van der Waals surface area contributed by atoms with Crippen molar-refractivity contribution in [1.29, 1.82) is 5.26 Å². The molecule has 1 aliphatic heterocycles. The van der Waals surface area contributed by atoms with E-state index in [1.807, 2.05) is 0 Å². The Kier molecular flexibility index (Phi) is 2.52. The lowest BCUT2D eigenvalue weighted by Crippen LogP contribution is -2.38. The summed E-state index contributed by atoms with van der Waals surface area (Å²) < 4.78 is 137. The zero-order chi connectivity index (χ0) is 33.4. The van der Waals surface area contributed by atoms with Crippen molar-refractivity contribution in [1.82, 2.24) is 14.9 Å². The molecule has 5 nitrogen and oxygen atoms in total. The van der Waals surface area contributed by atoms with Gasteiger partial charge < -0.3 is 5.31 Å². The Labute approximate surface area is 195 Å². The highest BCUT2D eigenvalue weighted by Crippen LogP contribution is 2.33. The molecule has 0 amide bonds. The van der Waals surface area contributed by atoms with Crippen molar-refractivity contribution in [3.63, 3.8) is 0 Å². The molecule has 0 aliphatic carbocycles. The van der Waals surface area contributed by atoms with Crippen molar-refractivity contribution in [2.45, 2.75) is 45.0 Å². The predicted octanol–water partition coefficient (Wildman–Crippen LogP) is 4.90. The molecule has 7 heteroatoms. The molecular formula is C22H24FN5S. The number of anilines is 1. The zero-order valence-electron chi connectivity index (χ0n) is 29.9. The molecular weight excluding hydrogens is 385 g/mol. The van der Waals surface area contributed by atoms with Crippen molar-refractivity contribution >= 4 is 27.4 Å². The highest BCUT2D eigenvalue weighted by Gasteiger charge is 2.21. The molecule has 3 heterocycles. The van der Waals surface area contributed by atoms with Crippen LogP contribution in [0.4, 0.5) is 10.2 Å². The SMILES string of the molecule is [2H]c1c([2H])c(C([2H])([2H])N2CCC([2H])(N([2H])c3ncnc4c([2H])c(C([2H])(C([2H])([2H])[2H])C([2H])([2H])[2H])sc34)CC2)c([2H])c(C#N)c1F. The summed E-state index contributed by atoms with van der Waals surface area (Å²) in [7, 11) is 0. The Hall–Kier alpha value is -2.56. The standard InChI is InChI=1S/C22H24FN5S/c1-14(2)20-10-19-21(29-20)22(26-13-25-19)27-17-5-7-28(8-6-17)12-15-3-4-18(23)16(9-15)11-24/h3-4,9-10,13-14,17H,5-8,12H2,1-2H3,(H,25,26,27)/i1D3,2D3,3D,4D,9D,10D,12D2,14D,17D/hD. The van der Waals surface area contributed by atoms with Gasteiger partial charge in [-0.3, -0.25) is 4.90 Å². The first-order valence-corrected chi connectivity index (χ1v) is 9.36. The lowest BCUT2D eigenvalue weighted by Gasteiger charge is -2.32. The maximum Gasteiger partial charge on any atom is 0.162 e. The molecule has 0 spiro atoms. The van der Waals surface area contributed by atoms with Gasteiger partial charge in [0.15, 0.2) is 1.41 Å². The lowest BCUT2D eigenvalue weighted by atomic mass is 10.0. The maximum absolute atomic E-state index is 14.3. The molecule has 1 fully saturated rings. The maximum atomic E-state index is 14.3. The van der Waals surface area contributed by atoms with Crippen LogP contribution in [0, 0.1) is 17.1 Å². The minimum atomic E-state index is -3.37. The monoisotopic (exact) mass is 424 g/mol. The minimum absolute atomic E-state index is 0.0898. The normalized spacial score (nSPS) is 26.0. The van der Waals surface area contributed by atoms with Gasteiger partial charge in [0.1, 0.15) is 24.0 Å². The Morgan fingerprint density at radius 1 is 1.52 bits per heavy atom. The van der Waals surface area contributed by atoms with Crippen LogP contribution in [0.25, 0.3) is 10.2 Å². The summed E-state index contributed by atoms with van der Waals surface area (Å²) in [6.45, 7) is -9.85.